The van der Waals surface area contributed by atoms with E-state index in [9.17, 15) is 18.7 Å². The summed E-state index contributed by atoms with van der Waals surface area (Å²) in [4.78, 5) is 13.3. The lowest BCUT2D eigenvalue weighted by atomic mass is 10.3. The van der Waals surface area contributed by atoms with Gasteiger partial charge in [-0.3, -0.25) is 0 Å². The van der Waals surface area contributed by atoms with Crippen LogP contribution in [0.1, 0.15) is 0 Å². The molecule has 1 aromatic carbocycles. The summed E-state index contributed by atoms with van der Waals surface area (Å²) in [5.41, 5.74) is -0.904. The van der Waals surface area contributed by atoms with Crippen LogP contribution in [-0.2, 0) is 0 Å². The van der Waals surface area contributed by atoms with Crippen LogP contribution >= 0.6 is 0 Å². The Morgan fingerprint density at radius 1 is 1.33 bits per heavy atom. The van der Waals surface area contributed by atoms with E-state index >= 15 is 0 Å². The second-order valence-corrected chi connectivity index (χ2v) is 2.88. The molecule has 0 amide bonds. The van der Waals surface area contributed by atoms with Crippen LogP contribution in [0.5, 0.6) is 5.88 Å². The fraction of sp³-hybridized carbons (Fsp3) is 0. The third-order valence-corrected chi connectivity index (χ3v) is 1.91. The summed E-state index contributed by atoms with van der Waals surface area (Å²) in [7, 11) is 0. The molecule has 15 heavy (non-hydrogen) atoms. The maximum absolute atomic E-state index is 13.2. The van der Waals surface area contributed by atoms with Gasteiger partial charge in [0.1, 0.15) is 11.6 Å². The minimum absolute atomic E-state index is 0.208. The lowest BCUT2D eigenvalue weighted by Crippen LogP contribution is -2.15. The highest BCUT2D eigenvalue weighted by atomic mass is 19.1. The number of nitrogens with zero attached hydrogens (tertiary/aromatic N) is 1. The Bertz CT molecular complexity index is 559. The average molecular weight is 212 g/mol. The van der Waals surface area contributed by atoms with Crippen LogP contribution in [0, 0.1) is 11.6 Å². The number of imidazole rings is 1. The highest BCUT2D eigenvalue weighted by Gasteiger charge is 2.11. The van der Waals surface area contributed by atoms with Crippen molar-refractivity contribution in [3.8, 4) is 11.6 Å². The first-order chi connectivity index (χ1) is 7.09. The summed E-state index contributed by atoms with van der Waals surface area (Å²) in [6, 6.07) is 2.70. The van der Waals surface area contributed by atoms with Crippen molar-refractivity contribution in [3.63, 3.8) is 0 Å². The van der Waals surface area contributed by atoms with Crippen molar-refractivity contribution >= 4 is 0 Å². The number of rotatable bonds is 1. The number of benzene rings is 1. The lowest BCUT2D eigenvalue weighted by molar-refractivity contribution is 0.437. The van der Waals surface area contributed by atoms with Crippen molar-refractivity contribution < 1.29 is 13.9 Å². The Kier molecular flexibility index (Phi) is 2.03. The first kappa shape index (κ1) is 9.45. The minimum atomic E-state index is -0.924. The van der Waals surface area contributed by atoms with Gasteiger partial charge < -0.3 is 10.1 Å². The molecule has 6 heteroatoms. The van der Waals surface area contributed by atoms with Crippen molar-refractivity contribution in [1.29, 1.82) is 0 Å². The fourth-order valence-corrected chi connectivity index (χ4v) is 1.25. The first-order valence-electron chi connectivity index (χ1n) is 4.04. The topological polar surface area (TPSA) is 58.0 Å². The van der Waals surface area contributed by atoms with Gasteiger partial charge in [-0.15, -0.1) is 0 Å². The normalized spacial score (nSPS) is 10.5. The lowest BCUT2D eigenvalue weighted by Gasteiger charge is -2.03. The molecule has 0 spiro atoms. The predicted molar refractivity (Wildman–Crippen MR) is 48.0 cm³/mol. The zero-order chi connectivity index (χ0) is 11.0. The molecule has 2 rings (SSSR count). The summed E-state index contributed by atoms with van der Waals surface area (Å²) >= 11 is 0. The highest BCUT2D eigenvalue weighted by Crippen LogP contribution is 2.17. The standard InChI is InChI=1S/C9H6F2N2O2/c10-5-1-2-7(6(11)3-5)13-8(14)4-12-9(13)15/h1-4,14H,(H,12,15). The number of nitrogens with one attached hydrogen (secondary N) is 1. The van der Waals surface area contributed by atoms with Crippen LogP contribution in [-0.4, -0.2) is 14.7 Å². The zero-order valence-corrected chi connectivity index (χ0v) is 7.37. The number of aromatic nitrogens is 2. The molecule has 0 unspecified atom stereocenters. The maximum Gasteiger partial charge on any atom is 0.333 e. The molecule has 4 nitrogen and oxygen atoms in total. The quantitative estimate of drug-likeness (QED) is 0.744. The Morgan fingerprint density at radius 2 is 2.07 bits per heavy atom. The van der Waals surface area contributed by atoms with Gasteiger partial charge in [0.2, 0.25) is 5.88 Å². The van der Waals surface area contributed by atoms with Crippen molar-refractivity contribution in [1.82, 2.24) is 9.55 Å². The second-order valence-electron chi connectivity index (χ2n) is 2.88. The van der Waals surface area contributed by atoms with Gasteiger partial charge in [0.15, 0.2) is 0 Å². The molecule has 0 aliphatic heterocycles. The number of hydrogen-bond acceptors (Lipinski definition) is 2. The van der Waals surface area contributed by atoms with Crippen LogP contribution < -0.4 is 5.69 Å². The van der Waals surface area contributed by atoms with Gasteiger partial charge in [0.25, 0.3) is 0 Å². The van der Waals surface area contributed by atoms with E-state index in [4.69, 9.17) is 0 Å². The van der Waals surface area contributed by atoms with Crippen molar-refractivity contribution in [2.24, 2.45) is 0 Å². The third-order valence-electron chi connectivity index (χ3n) is 1.91. The van der Waals surface area contributed by atoms with Crippen LogP contribution in [0.25, 0.3) is 5.69 Å². The number of aromatic amines is 1. The highest BCUT2D eigenvalue weighted by molar-refractivity contribution is 5.36. The summed E-state index contributed by atoms with van der Waals surface area (Å²) < 4.78 is 26.5. The van der Waals surface area contributed by atoms with E-state index in [2.05, 4.69) is 4.98 Å². The van der Waals surface area contributed by atoms with Gasteiger partial charge in [0, 0.05) is 6.07 Å². The number of H-pyrrole nitrogens is 1. The average Bonchev–Trinajstić information content (AvgIpc) is 2.48. The van der Waals surface area contributed by atoms with E-state index in [0.29, 0.717) is 10.6 Å². The molecule has 2 N–H and O–H groups in total. The van der Waals surface area contributed by atoms with Crippen molar-refractivity contribution in [2.75, 3.05) is 0 Å². The number of hydrogen-bond donors (Lipinski definition) is 2. The van der Waals surface area contributed by atoms with Crippen LogP contribution in [0.15, 0.2) is 29.2 Å². The fourth-order valence-electron chi connectivity index (χ4n) is 1.25. The van der Waals surface area contributed by atoms with E-state index in [1.165, 1.54) is 0 Å². The molecule has 0 atom stereocenters. The molecule has 0 fully saturated rings. The van der Waals surface area contributed by atoms with E-state index in [-0.39, 0.29) is 5.69 Å². The Morgan fingerprint density at radius 3 is 2.60 bits per heavy atom. The molecule has 78 valence electrons. The summed E-state index contributed by atoms with van der Waals surface area (Å²) in [5.74, 6) is -2.11. The van der Waals surface area contributed by atoms with Crippen molar-refractivity contribution in [2.45, 2.75) is 0 Å². The molecular weight excluding hydrogens is 206 g/mol. The van der Waals surface area contributed by atoms with Crippen LogP contribution in [0.2, 0.25) is 0 Å². The predicted octanol–water partition coefficient (Wildman–Crippen LogP) is 1.15. The molecule has 1 heterocycles. The Labute approximate surface area is 82.4 Å². The summed E-state index contributed by atoms with van der Waals surface area (Å²) in [6.45, 7) is 0. The maximum atomic E-state index is 13.2. The molecule has 1 aromatic heterocycles. The third kappa shape index (κ3) is 1.50. The monoisotopic (exact) mass is 212 g/mol. The smallest absolute Gasteiger partial charge is 0.333 e. The van der Waals surface area contributed by atoms with E-state index in [0.717, 1.165) is 18.3 Å². The molecule has 0 aliphatic carbocycles. The molecule has 0 saturated heterocycles. The van der Waals surface area contributed by atoms with Gasteiger partial charge in [0.05, 0.1) is 11.9 Å². The Hall–Kier alpha value is -2.11. The van der Waals surface area contributed by atoms with Crippen LogP contribution in [0.4, 0.5) is 8.78 Å². The van der Waals surface area contributed by atoms with Gasteiger partial charge in [-0.1, -0.05) is 0 Å². The van der Waals surface area contributed by atoms with Gasteiger partial charge >= 0.3 is 5.69 Å². The Balaban J connectivity index is 2.69. The molecule has 2 aromatic rings. The minimum Gasteiger partial charge on any atom is -0.493 e. The second kappa shape index (κ2) is 3.23. The van der Waals surface area contributed by atoms with E-state index in [1.54, 1.807) is 0 Å². The van der Waals surface area contributed by atoms with Crippen LogP contribution in [0.3, 0.4) is 0 Å². The van der Waals surface area contributed by atoms with Gasteiger partial charge in [-0.2, -0.15) is 0 Å². The number of halogens is 2. The SMILES string of the molecule is O=c1[nH]cc(O)n1-c1ccc(F)cc1F. The number of aromatic hydroxyl groups is 1. The zero-order valence-electron chi connectivity index (χ0n) is 7.37. The summed E-state index contributed by atoms with van der Waals surface area (Å²) in [6.07, 6.45) is 1.02. The molecule has 0 saturated carbocycles. The van der Waals surface area contributed by atoms with Crippen molar-refractivity contribution in [3.05, 3.63) is 46.5 Å². The molecule has 0 radical (unpaired) electrons. The molecule has 0 aliphatic rings. The van der Waals surface area contributed by atoms with Gasteiger partial charge in [-0.05, 0) is 12.1 Å². The van der Waals surface area contributed by atoms with E-state index in [1.807, 2.05) is 0 Å². The summed E-state index contributed by atoms with van der Waals surface area (Å²) in [5, 5.41) is 9.25. The first-order valence-corrected chi connectivity index (χ1v) is 4.04. The molecule has 0 bridgehead atoms. The molecular formula is C9H6F2N2O2. The van der Waals surface area contributed by atoms with E-state index < -0.39 is 23.2 Å². The van der Waals surface area contributed by atoms with Gasteiger partial charge in [-0.25, -0.2) is 18.1 Å². The largest absolute Gasteiger partial charge is 0.493 e.